The number of hydrogen-bond donors (Lipinski definition) is 1. The number of aromatic nitrogens is 1. The van der Waals surface area contributed by atoms with Crippen LogP contribution in [-0.2, 0) is 0 Å². The molecule has 1 N–H and O–H groups in total. The lowest BCUT2D eigenvalue weighted by Crippen LogP contribution is -2.06. The van der Waals surface area contributed by atoms with Gasteiger partial charge in [0.05, 0.1) is 17.8 Å². The Hall–Kier alpha value is -2.29. The quantitative estimate of drug-likeness (QED) is 0.749. The first-order valence-corrected chi connectivity index (χ1v) is 5.99. The van der Waals surface area contributed by atoms with Gasteiger partial charge in [-0.1, -0.05) is 18.2 Å². The third-order valence-electron chi connectivity index (χ3n) is 2.93. The van der Waals surface area contributed by atoms with E-state index in [1.54, 1.807) is 6.26 Å². The van der Waals surface area contributed by atoms with E-state index in [2.05, 4.69) is 29.4 Å². The van der Waals surface area contributed by atoms with E-state index in [-0.39, 0.29) is 6.04 Å². The van der Waals surface area contributed by atoms with Gasteiger partial charge in [0.1, 0.15) is 11.6 Å². The zero-order chi connectivity index (χ0) is 12.4. The zero-order valence-electron chi connectivity index (χ0n) is 10.1. The summed E-state index contributed by atoms with van der Waals surface area (Å²) in [5.41, 5.74) is 0.995. The van der Waals surface area contributed by atoms with Crippen LogP contribution in [0, 0.1) is 0 Å². The second-order valence-electron chi connectivity index (χ2n) is 4.27. The summed E-state index contributed by atoms with van der Waals surface area (Å²) in [6.45, 7) is 2.05. The first-order valence-electron chi connectivity index (χ1n) is 5.99. The first kappa shape index (κ1) is 10.8. The predicted molar refractivity (Wildman–Crippen MR) is 72.5 cm³/mol. The summed E-state index contributed by atoms with van der Waals surface area (Å²) in [6, 6.07) is 16.1. The van der Waals surface area contributed by atoms with Crippen molar-refractivity contribution in [3.05, 3.63) is 60.6 Å². The molecule has 0 radical (unpaired) electrons. The molecule has 1 atom stereocenters. The van der Waals surface area contributed by atoms with Gasteiger partial charge in [-0.15, -0.1) is 0 Å². The van der Waals surface area contributed by atoms with Crippen molar-refractivity contribution in [2.24, 2.45) is 0 Å². The van der Waals surface area contributed by atoms with E-state index >= 15 is 0 Å². The molecule has 1 unspecified atom stereocenters. The van der Waals surface area contributed by atoms with Crippen molar-refractivity contribution < 1.29 is 4.42 Å². The maximum Gasteiger partial charge on any atom is 0.127 e. The van der Waals surface area contributed by atoms with Crippen LogP contribution in [0.2, 0.25) is 0 Å². The minimum atomic E-state index is 0.105. The molecule has 2 aromatic heterocycles. The van der Waals surface area contributed by atoms with E-state index in [0.717, 1.165) is 22.5 Å². The van der Waals surface area contributed by atoms with Crippen LogP contribution in [0.1, 0.15) is 18.7 Å². The molecule has 0 aliphatic rings. The summed E-state index contributed by atoms with van der Waals surface area (Å²) in [5.74, 6) is 1.77. The Morgan fingerprint density at radius 3 is 2.78 bits per heavy atom. The minimum absolute atomic E-state index is 0.105. The maximum atomic E-state index is 5.36. The smallest absolute Gasteiger partial charge is 0.127 e. The van der Waals surface area contributed by atoms with Gasteiger partial charge in [-0.3, -0.25) is 0 Å². The molecule has 1 aromatic carbocycles. The summed E-state index contributed by atoms with van der Waals surface area (Å²) in [4.78, 5) is 4.57. The molecule has 0 aliphatic heterocycles. The van der Waals surface area contributed by atoms with Gasteiger partial charge in [0.15, 0.2) is 0 Å². The maximum absolute atomic E-state index is 5.36. The van der Waals surface area contributed by atoms with Gasteiger partial charge < -0.3 is 9.73 Å². The van der Waals surface area contributed by atoms with E-state index < -0.39 is 0 Å². The summed E-state index contributed by atoms with van der Waals surface area (Å²) in [6.07, 6.45) is 1.68. The Balaban J connectivity index is 1.86. The molecule has 0 saturated heterocycles. The van der Waals surface area contributed by atoms with Gasteiger partial charge in [-0.05, 0) is 37.3 Å². The fourth-order valence-electron chi connectivity index (χ4n) is 1.98. The fourth-order valence-corrected chi connectivity index (χ4v) is 1.98. The molecule has 0 aliphatic carbocycles. The molecule has 0 spiro atoms. The largest absolute Gasteiger partial charge is 0.467 e. The normalized spacial score (nSPS) is 12.5. The zero-order valence-corrected chi connectivity index (χ0v) is 10.1. The number of nitrogens with one attached hydrogen (secondary N) is 1. The molecule has 3 heteroatoms. The number of pyridine rings is 1. The number of anilines is 1. The molecule has 0 amide bonds. The Morgan fingerprint density at radius 1 is 1.06 bits per heavy atom. The summed E-state index contributed by atoms with van der Waals surface area (Å²) >= 11 is 0. The van der Waals surface area contributed by atoms with Crippen molar-refractivity contribution in [2.75, 3.05) is 5.32 Å². The van der Waals surface area contributed by atoms with Gasteiger partial charge in [-0.25, -0.2) is 4.98 Å². The monoisotopic (exact) mass is 238 g/mol. The molecule has 18 heavy (non-hydrogen) atoms. The first-order chi connectivity index (χ1) is 8.83. The molecular weight excluding hydrogens is 224 g/mol. The number of hydrogen-bond acceptors (Lipinski definition) is 3. The minimum Gasteiger partial charge on any atom is -0.467 e. The van der Waals surface area contributed by atoms with Crippen molar-refractivity contribution in [1.82, 2.24) is 4.98 Å². The van der Waals surface area contributed by atoms with Crippen molar-refractivity contribution in [3.8, 4) is 0 Å². The Kier molecular flexibility index (Phi) is 2.73. The van der Waals surface area contributed by atoms with E-state index in [0.29, 0.717) is 0 Å². The number of nitrogens with zero attached hydrogens (tertiary/aromatic N) is 1. The van der Waals surface area contributed by atoms with Gasteiger partial charge in [0, 0.05) is 5.39 Å². The predicted octanol–water partition coefficient (Wildman–Crippen LogP) is 4.00. The average molecular weight is 238 g/mol. The molecule has 2 heterocycles. The van der Waals surface area contributed by atoms with Crippen LogP contribution in [-0.4, -0.2) is 4.98 Å². The third-order valence-corrected chi connectivity index (χ3v) is 2.93. The standard InChI is InChI=1S/C15H14N2O/c1-11(14-7-4-10-18-14)16-15-9-8-12-5-2-3-6-13(12)17-15/h2-11H,1H3,(H,16,17). The number of para-hydroxylation sites is 1. The fraction of sp³-hybridized carbons (Fsp3) is 0.133. The van der Waals surface area contributed by atoms with Gasteiger partial charge >= 0.3 is 0 Å². The lowest BCUT2D eigenvalue weighted by atomic mass is 10.2. The third kappa shape index (κ3) is 2.07. The summed E-state index contributed by atoms with van der Waals surface area (Å²) in [5, 5.41) is 4.48. The SMILES string of the molecule is CC(Nc1ccc2ccccc2n1)c1ccco1. The van der Waals surface area contributed by atoms with E-state index in [9.17, 15) is 0 Å². The molecule has 3 aromatic rings. The number of benzene rings is 1. The number of fused-ring (bicyclic) bond motifs is 1. The number of rotatable bonds is 3. The highest BCUT2D eigenvalue weighted by atomic mass is 16.3. The average Bonchev–Trinajstić information content (AvgIpc) is 2.92. The molecule has 0 bridgehead atoms. The molecule has 3 rings (SSSR count). The highest BCUT2D eigenvalue weighted by molar-refractivity contribution is 5.80. The van der Waals surface area contributed by atoms with E-state index in [1.165, 1.54) is 0 Å². The van der Waals surface area contributed by atoms with Gasteiger partial charge in [0.2, 0.25) is 0 Å². The van der Waals surface area contributed by atoms with Crippen LogP contribution < -0.4 is 5.32 Å². The molecule has 90 valence electrons. The molecule has 0 saturated carbocycles. The van der Waals surface area contributed by atoms with E-state index in [4.69, 9.17) is 4.42 Å². The lowest BCUT2D eigenvalue weighted by molar-refractivity contribution is 0.490. The Morgan fingerprint density at radius 2 is 1.94 bits per heavy atom. The van der Waals surface area contributed by atoms with Crippen LogP contribution >= 0.6 is 0 Å². The van der Waals surface area contributed by atoms with Crippen LogP contribution in [0.5, 0.6) is 0 Å². The Labute approximate surface area is 105 Å². The van der Waals surface area contributed by atoms with Crippen LogP contribution in [0.15, 0.2) is 59.2 Å². The molecule has 0 fully saturated rings. The molecular formula is C15H14N2O. The van der Waals surface area contributed by atoms with Crippen molar-refractivity contribution >= 4 is 16.7 Å². The van der Waals surface area contributed by atoms with Crippen molar-refractivity contribution in [3.63, 3.8) is 0 Å². The van der Waals surface area contributed by atoms with E-state index in [1.807, 2.05) is 36.4 Å². The van der Waals surface area contributed by atoms with Crippen molar-refractivity contribution in [1.29, 1.82) is 0 Å². The summed E-state index contributed by atoms with van der Waals surface area (Å²) < 4.78 is 5.36. The Bertz CT molecular complexity index is 646. The number of furan rings is 1. The van der Waals surface area contributed by atoms with Gasteiger partial charge in [0.25, 0.3) is 0 Å². The topological polar surface area (TPSA) is 38.1 Å². The second kappa shape index (κ2) is 4.53. The highest BCUT2D eigenvalue weighted by Crippen LogP contribution is 2.20. The highest BCUT2D eigenvalue weighted by Gasteiger charge is 2.08. The van der Waals surface area contributed by atoms with Crippen LogP contribution in [0.3, 0.4) is 0 Å². The van der Waals surface area contributed by atoms with Crippen molar-refractivity contribution in [2.45, 2.75) is 13.0 Å². The van der Waals surface area contributed by atoms with Crippen LogP contribution in [0.25, 0.3) is 10.9 Å². The lowest BCUT2D eigenvalue weighted by Gasteiger charge is -2.12. The van der Waals surface area contributed by atoms with Gasteiger partial charge in [-0.2, -0.15) is 0 Å². The second-order valence-corrected chi connectivity index (χ2v) is 4.27. The van der Waals surface area contributed by atoms with Crippen LogP contribution in [0.4, 0.5) is 5.82 Å². The summed E-state index contributed by atoms with van der Waals surface area (Å²) in [7, 11) is 0. The molecule has 3 nitrogen and oxygen atoms in total.